The minimum atomic E-state index is 0.720. The van der Waals surface area contributed by atoms with Crippen molar-refractivity contribution in [2.24, 2.45) is 0 Å². The molecule has 0 atom stereocenters. The standard InChI is InChI=1S/C16H14O2/c1-17-15-9-6-10-16(18-2)14(15)12-11-13-7-4-3-5-8-13/h3-10H,1-2H3. The third-order valence-corrected chi connectivity index (χ3v) is 2.53. The first-order valence-electron chi connectivity index (χ1n) is 5.63. The quantitative estimate of drug-likeness (QED) is 0.748. The fourth-order valence-corrected chi connectivity index (χ4v) is 1.63. The molecule has 0 amide bonds. The zero-order valence-electron chi connectivity index (χ0n) is 10.4. The zero-order chi connectivity index (χ0) is 12.8. The van der Waals surface area contributed by atoms with Gasteiger partial charge in [-0.3, -0.25) is 0 Å². The summed E-state index contributed by atoms with van der Waals surface area (Å²) in [6.45, 7) is 0. The van der Waals surface area contributed by atoms with Gasteiger partial charge in [-0.15, -0.1) is 0 Å². The van der Waals surface area contributed by atoms with Gasteiger partial charge in [0.2, 0.25) is 0 Å². The van der Waals surface area contributed by atoms with E-state index in [4.69, 9.17) is 9.47 Å². The minimum absolute atomic E-state index is 0.720. The second-order valence-corrected chi connectivity index (χ2v) is 3.65. The summed E-state index contributed by atoms with van der Waals surface area (Å²) in [4.78, 5) is 0. The molecule has 2 aromatic rings. The molecule has 0 spiro atoms. The van der Waals surface area contributed by atoms with Gasteiger partial charge in [0.25, 0.3) is 0 Å². The number of rotatable bonds is 2. The summed E-state index contributed by atoms with van der Waals surface area (Å²) in [5.41, 5.74) is 1.73. The Hall–Kier alpha value is -2.40. The van der Waals surface area contributed by atoms with Gasteiger partial charge in [-0.05, 0) is 24.3 Å². The van der Waals surface area contributed by atoms with Crippen molar-refractivity contribution in [3.63, 3.8) is 0 Å². The SMILES string of the molecule is COc1cccc(OC)c1C#Cc1ccccc1. The maximum atomic E-state index is 5.29. The van der Waals surface area contributed by atoms with Crippen LogP contribution < -0.4 is 9.47 Å². The Morgan fingerprint density at radius 1 is 0.722 bits per heavy atom. The number of methoxy groups -OCH3 is 2. The van der Waals surface area contributed by atoms with Gasteiger partial charge in [0.05, 0.1) is 14.2 Å². The van der Waals surface area contributed by atoms with Gasteiger partial charge in [-0.2, -0.15) is 0 Å². The van der Waals surface area contributed by atoms with Gasteiger partial charge >= 0.3 is 0 Å². The highest BCUT2D eigenvalue weighted by Gasteiger charge is 2.06. The van der Waals surface area contributed by atoms with Crippen LogP contribution in [0.25, 0.3) is 0 Å². The van der Waals surface area contributed by atoms with Crippen molar-refractivity contribution >= 4 is 0 Å². The van der Waals surface area contributed by atoms with Crippen LogP contribution in [0.15, 0.2) is 48.5 Å². The van der Waals surface area contributed by atoms with E-state index < -0.39 is 0 Å². The molecule has 0 aliphatic heterocycles. The molecule has 0 aromatic heterocycles. The molecule has 0 aliphatic rings. The first-order valence-corrected chi connectivity index (χ1v) is 5.63. The van der Waals surface area contributed by atoms with Crippen molar-refractivity contribution < 1.29 is 9.47 Å². The Morgan fingerprint density at radius 3 is 1.89 bits per heavy atom. The highest BCUT2D eigenvalue weighted by Crippen LogP contribution is 2.26. The molecule has 0 aliphatic carbocycles. The smallest absolute Gasteiger partial charge is 0.138 e. The summed E-state index contributed by atoms with van der Waals surface area (Å²) in [6.07, 6.45) is 0. The maximum Gasteiger partial charge on any atom is 0.138 e. The Balaban J connectivity index is 2.43. The van der Waals surface area contributed by atoms with E-state index in [-0.39, 0.29) is 0 Å². The van der Waals surface area contributed by atoms with Crippen LogP contribution in [0.5, 0.6) is 11.5 Å². The fraction of sp³-hybridized carbons (Fsp3) is 0.125. The van der Waals surface area contributed by atoms with Gasteiger partial charge in [-0.25, -0.2) is 0 Å². The molecular weight excluding hydrogens is 224 g/mol. The lowest BCUT2D eigenvalue weighted by molar-refractivity contribution is 0.392. The van der Waals surface area contributed by atoms with Crippen LogP contribution in [-0.2, 0) is 0 Å². The zero-order valence-corrected chi connectivity index (χ0v) is 10.4. The van der Waals surface area contributed by atoms with Crippen LogP contribution in [0.2, 0.25) is 0 Å². The molecule has 18 heavy (non-hydrogen) atoms. The molecule has 0 fully saturated rings. The normalized spacial score (nSPS) is 9.22. The molecule has 2 aromatic carbocycles. The Morgan fingerprint density at radius 2 is 1.33 bits per heavy atom. The summed E-state index contributed by atoms with van der Waals surface area (Å²) in [6, 6.07) is 15.5. The molecule has 0 unspecified atom stereocenters. The van der Waals surface area contributed by atoms with Crippen molar-refractivity contribution in [3.05, 3.63) is 59.7 Å². The lowest BCUT2D eigenvalue weighted by Gasteiger charge is -2.07. The van der Waals surface area contributed by atoms with E-state index in [1.807, 2.05) is 48.5 Å². The van der Waals surface area contributed by atoms with Crippen molar-refractivity contribution in [1.29, 1.82) is 0 Å². The summed E-state index contributed by atoms with van der Waals surface area (Å²) >= 11 is 0. The Bertz CT molecular complexity index is 555. The monoisotopic (exact) mass is 238 g/mol. The summed E-state index contributed by atoms with van der Waals surface area (Å²) in [5.74, 6) is 7.64. The van der Waals surface area contributed by atoms with Gasteiger partial charge in [0.1, 0.15) is 17.1 Å². The van der Waals surface area contributed by atoms with Gasteiger partial charge in [0.15, 0.2) is 0 Å². The third kappa shape index (κ3) is 2.64. The fourth-order valence-electron chi connectivity index (χ4n) is 1.63. The first-order chi connectivity index (χ1) is 8.85. The number of benzene rings is 2. The molecule has 0 saturated carbocycles. The van der Waals surface area contributed by atoms with Crippen LogP contribution in [0, 0.1) is 11.8 Å². The molecule has 2 heteroatoms. The predicted octanol–water partition coefficient (Wildman–Crippen LogP) is 3.10. The summed E-state index contributed by atoms with van der Waals surface area (Å²) < 4.78 is 10.6. The van der Waals surface area contributed by atoms with E-state index >= 15 is 0 Å². The van der Waals surface area contributed by atoms with Gasteiger partial charge in [0, 0.05) is 5.56 Å². The van der Waals surface area contributed by atoms with E-state index in [0.29, 0.717) is 0 Å². The summed E-state index contributed by atoms with van der Waals surface area (Å²) in [7, 11) is 3.25. The van der Waals surface area contributed by atoms with Crippen LogP contribution in [0.1, 0.15) is 11.1 Å². The highest BCUT2D eigenvalue weighted by molar-refractivity contribution is 5.57. The van der Waals surface area contributed by atoms with Crippen LogP contribution in [0.4, 0.5) is 0 Å². The largest absolute Gasteiger partial charge is 0.495 e. The molecule has 0 saturated heterocycles. The van der Waals surface area contributed by atoms with Crippen molar-refractivity contribution in [2.75, 3.05) is 14.2 Å². The highest BCUT2D eigenvalue weighted by atomic mass is 16.5. The molecule has 0 N–H and O–H groups in total. The lowest BCUT2D eigenvalue weighted by Crippen LogP contribution is -1.92. The van der Waals surface area contributed by atoms with E-state index in [0.717, 1.165) is 22.6 Å². The topological polar surface area (TPSA) is 18.5 Å². The van der Waals surface area contributed by atoms with Crippen molar-refractivity contribution in [2.45, 2.75) is 0 Å². The second-order valence-electron chi connectivity index (χ2n) is 3.65. The Labute approximate surface area is 107 Å². The van der Waals surface area contributed by atoms with E-state index in [2.05, 4.69) is 11.8 Å². The maximum absolute atomic E-state index is 5.29. The van der Waals surface area contributed by atoms with Crippen molar-refractivity contribution in [3.8, 4) is 23.3 Å². The van der Waals surface area contributed by atoms with Crippen LogP contribution in [-0.4, -0.2) is 14.2 Å². The van der Waals surface area contributed by atoms with E-state index in [9.17, 15) is 0 Å². The average molecular weight is 238 g/mol. The molecule has 90 valence electrons. The van der Waals surface area contributed by atoms with Crippen molar-refractivity contribution in [1.82, 2.24) is 0 Å². The summed E-state index contributed by atoms with van der Waals surface area (Å²) in [5, 5.41) is 0. The van der Waals surface area contributed by atoms with Gasteiger partial charge in [-0.1, -0.05) is 36.1 Å². The third-order valence-electron chi connectivity index (χ3n) is 2.53. The molecule has 2 rings (SSSR count). The molecular formula is C16H14O2. The molecule has 0 radical (unpaired) electrons. The van der Waals surface area contributed by atoms with E-state index in [1.165, 1.54) is 0 Å². The first kappa shape index (κ1) is 12.1. The number of hydrogen-bond donors (Lipinski definition) is 0. The van der Waals surface area contributed by atoms with Crippen LogP contribution in [0.3, 0.4) is 0 Å². The van der Waals surface area contributed by atoms with E-state index in [1.54, 1.807) is 14.2 Å². The van der Waals surface area contributed by atoms with Gasteiger partial charge < -0.3 is 9.47 Å². The average Bonchev–Trinajstić information content (AvgIpc) is 2.45. The number of hydrogen-bond acceptors (Lipinski definition) is 2. The second kappa shape index (κ2) is 5.79. The molecule has 0 bridgehead atoms. The predicted molar refractivity (Wildman–Crippen MR) is 72.0 cm³/mol. The minimum Gasteiger partial charge on any atom is -0.495 e. The Kier molecular flexibility index (Phi) is 3.88. The molecule has 0 heterocycles. The number of ether oxygens (including phenoxy) is 2. The lowest BCUT2D eigenvalue weighted by atomic mass is 10.1. The molecule has 2 nitrogen and oxygen atoms in total. The van der Waals surface area contributed by atoms with Crippen LogP contribution >= 0.6 is 0 Å².